The Morgan fingerprint density at radius 3 is 2.68 bits per heavy atom. The maximum Gasteiger partial charge on any atom is 0.523 e. The van der Waals surface area contributed by atoms with Gasteiger partial charge in [0.25, 0.3) is 0 Å². The van der Waals surface area contributed by atoms with E-state index in [2.05, 4.69) is 4.18 Å². The highest BCUT2D eigenvalue weighted by atomic mass is 32.2. The van der Waals surface area contributed by atoms with Gasteiger partial charge in [-0.05, 0) is 24.5 Å². The molecule has 1 aromatic rings. The third-order valence-corrected chi connectivity index (χ3v) is 3.71. The van der Waals surface area contributed by atoms with Crippen LogP contribution in [0.5, 0.6) is 5.75 Å². The first-order chi connectivity index (χ1) is 8.79. The largest absolute Gasteiger partial charge is 0.523 e. The first-order valence-corrected chi connectivity index (χ1v) is 6.91. The van der Waals surface area contributed by atoms with E-state index in [0.29, 0.717) is 18.6 Å². The monoisotopic (exact) mass is 296 g/mol. The molecule has 106 valence electrons. The lowest BCUT2D eigenvalue weighted by atomic mass is 10.0. The van der Waals surface area contributed by atoms with Gasteiger partial charge < -0.3 is 4.74 Å². The van der Waals surface area contributed by atoms with Crippen LogP contribution in [0.1, 0.15) is 12.0 Å². The van der Waals surface area contributed by atoms with Gasteiger partial charge >= 0.3 is 15.6 Å². The maximum absolute atomic E-state index is 12.1. The highest BCUT2D eigenvalue weighted by Gasteiger charge is 2.47. The van der Waals surface area contributed by atoms with Gasteiger partial charge in [0.1, 0.15) is 18.5 Å². The molecule has 1 aliphatic rings. The summed E-state index contributed by atoms with van der Waals surface area (Å²) in [5.74, 6) is 0.548. The molecule has 0 unspecified atom stereocenters. The fraction of sp³-hybridized carbons (Fsp3) is 0.455. The van der Waals surface area contributed by atoms with Crippen LogP contribution >= 0.6 is 0 Å². The molecule has 1 heterocycles. The normalized spacial score (nSPS) is 19.6. The van der Waals surface area contributed by atoms with Crippen molar-refractivity contribution in [3.05, 3.63) is 29.8 Å². The first kappa shape index (κ1) is 14.1. The number of rotatable bonds is 3. The van der Waals surface area contributed by atoms with Gasteiger partial charge in [0.2, 0.25) is 0 Å². The van der Waals surface area contributed by atoms with Gasteiger partial charge in [-0.1, -0.05) is 18.2 Å². The summed E-state index contributed by atoms with van der Waals surface area (Å²) in [4.78, 5) is 0. The number of benzene rings is 1. The van der Waals surface area contributed by atoms with E-state index in [4.69, 9.17) is 4.74 Å². The average molecular weight is 296 g/mol. The second-order valence-corrected chi connectivity index (χ2v) is 5.68. The lowest BCUT2D eigenvalue weighted by molar-refractivity contribution is -0.0562. The molecule has 0 N–H and O–H groups in total. The second kappa shape index (κ2) is 5.01. The van der Waals surface area contributed by atoms with Crippen molar-refractivity contribution in [2.75, 3.05) is 6.61 Å². The molecule has 1 atom stereocenters. The molecule has 0 amide bonds. The second-order valence-electron chi connectivity index (χ2n) is 4.07. The van der Waals surface area contributed by atoms with E-state index in [1.165, 1.54) is 0 Å². The molecule has 0 spiro atoms. The van der Waals surface area contributed by atoms with Crippen LogP contribution in [0.4, 0.5) is 13.2 Å². The summed E-state index contributed by atoms with van der Waals surface area (Å²) in [5.41, 5.74) is -4.46. The van der Waals surface area contributed by atoms with Crippen LogP contribution in [-0.2, 0) is 20.7 Å². The molecular formula is C11H11F3O4S. The molecule has 2 rings (SSSR count). The molecule has 4 nitrogen and oxygen atoms in total. The molecule has 1 aliphatic heterocycles. The van der Waals surface area contributed by atoms with Crippen molar-refractivity contribution < 1.29 is 30.5 Å². The Kier molecular flexibility index (Phi) is 3.73. The van der Waals surface area contributed by atoms with Crippen LogP contribution in [0.2, 0.25) is 0 Å². The summed E-state index contributed by atoms with van der Waals surface area (Å²) in [6.45, 7) is -0.643. The van der Waals surface area contributed by atoms with Gasteiger partial charge in [0.15, 0.2) is 0 Å². The number of alkyl halides is 3. The van der Waals surface area contributed by atoms with Gasteiger partial charge in [0.05, 0.1) is 0 Å². The van der Waals surface area contributed by atoms with Gasteiger partial charge in [-0.3, -0.25) is 4.18 Å². The van der Waals surface area contributed by atoms with Crippen LogP contribution < -0.4 is 4.74 Å². The molecule has 0 radical (unpaired) electrons. The molecule has 0 bridgehead atoms. The van der Waals surface area contributed by atoms with Crippen LogP contribution in [-0.4, -0.2) is 26.6 Å². The number of aryl methyl sites for hydroxylation is 1. The smallest absolute Gasteiger partial charge is 0.488 e. The molecule has 0 saturated carbocycles. The van der Waals surface area contributed by atoms with Crippen molar-refractivity contribution in [3.8, 4) is 5.75 Å². The van der Waals surface area contributed by atoms with E-state index in [-0.39, 0.29) is 0 Å². The quantitative estimate of drug-likeness (QED) is 0.634. The van der Waals surface area contributed by atoms with Gasteiger partial charge in [0, 0.05) is 0 Å². The predicted molar refractivity (Wildman–Crippen MR) is 60.1 cm³/mol. The predicted octanol–water partition coefficient (Wildman–Crippen LogP) is 2.25. The Balaban J connectivity index is 1.97. The van der Waals surface area contributed by atoms with Crippen molar-refractivity contribution in [3.63, 3.8) is 0 Å². The third-order valence-electron chi connectivity index (χ3n) is 2.69. The molecule has 0 aliphatic carbocycles. The summed E-state index contributed by atoms with van der Waals surface area (Å²) in [5, 5.41) is 0. The van der Waals surface area contributed by atoms with Crippen molar-refractivity contribution >= 4 is 10.1 Å². The Morgan fingerprint density at radius 2 is 2.00 bits per heavy atom. The Morgan fingerprint density at radius 1 is 1.32 bits per heavy atom. The lowest BCUT2D eigenvalue weighted by Gasteiger charge is -2.25. The van der Waals surface area contributed by atoms with Crippen LogP contribution in [0.3, 0.4) is 0 Å². The number of hydrogen-bond donors (Lipinski definition) is 0. The lowest BCUT2D eigenvalue weighted by Crippen LogP contribution is -2.33. The van der Waals surface area contributed by atoms with Crippen molar-refractivity contribution in [1.82, 2.24) is 0 Å². The van der Waals surface area contributed by atoms with Crippen molar-refractivity contribution in [2.24, 2.45) is 0 Å². The third kappa shape index (κ3) is 3.19. The topological polar surface area (TPSA) is 52.6 Å². The highest BCUT2D eigenvalue weighted by Crippen LogP contribution is 2.29. The first-order valence-electron chi connectivity index (χ1n) is 5.50. The van der Waals surface area contributed by atoms with Crippen LogP contribution in [0, 0.1) is 0 Å². The standard InChI is InChI=1S/C11H11F3O4S/c12-11(13,14)19(15,16)17-7-9-6-5-8-3-1-2-4-10(8)18-9/h1-4,9H,5-7H2/t9-/m1/s1. The molecule has 0 fully saturated rings. The highest BCUT2D eigenvalue weighted by molar-refractivity contribution is 7.87. The molecule has 19 heavy (non-hydrogen) atoms. The van der Waals surface area contributed by atoms with E-state index in [9.17, 15) is 21.6 Å². The van der Waals surface area contributed by atoms with E-state index in [1.54, 1.807) is 12.1 Å². The Labute approximate surface area is 108 Å². The number of halogens is 3. The number of para-hydroxylation sites is 1. The zero-order valence-corrected chi connectivity index (χ0v) is 10.5. The van der Waals surface area contributed by atoms with Gasteiger partial charge in [-0.2, -0.15) is 21.6 Å². The van der Waals surface area contributed by atoms with Gasteiger partial charge in [-0.15, -0.1) is 0 Å². The Hall–Kier alpha value is -1.28. The fourth-order valence-electron chi connectivity index (χ4n) is 1.73. The minimum absolute atomic E-state index is 0.407. The van der Waals surface area contributed by atoms with Crippen LogP contribution in [0.15, 0.2) is 24.3 Å². The van der Waals surface area contributed by atoms with Crippen molar-refractivity contribution in [2.45, 2.75) is 24.5 Å². The van der Waals surface area contributed by atoms with E-state index in [0.717, 1.165) is 5.56 Å². The van der Waals surface area contributed by atoms with Crippen molar-refractivity contribution in [1.29, 1.82) is 0 Å². The Bertz CT molecular complexity index is 553. The number of ether oxygens (including phenoxy) is 1. The van der Waals surface area contributed by atoms with Crippen LogP contribution in [0.25, 0.3) is 0 Å². The van der Waals surface area contributed by atoms with Gasteiger partial charge in [-0.25, -0.2) is 0 Å². The minimum Gasteiger partial charge on any atom is -0.488 e. The molecule has 1 aromatic carbocycles. The van der Waals surface area contributed by atoms with E-state index < -0.39 is 28.3 Å². The summed E-state index contributed by atoms with van der Waals surface area (Å²) < 4.78 is 67.0. The SMILES string of the molecule is O=S(=O)(OC[C@H]1CCc2ccccc2O1)C(F)(F)F. The summed E-state index contributed by atoms with van der Waals surface area (Å²) in [6, 6.07) is 7.08. The summed E-state index contributed by atoms with van der Waals surface area (Å²) >= 11 is 0. The van der Waals surface area contributed by atoms with E-state index in [1.807, 2.05) is 12.1 Å². The molecule has 0 saturated heterocycles. The number of fused-ring (bicyclic) bond motifs is 1. The summed E-state index contributed by atoms with van der Waals surface area (Å²) in [7, 11) is -5.55. The average Bonchev–Trinajstić information content (AvgIpc) is 2.35. The molecule has 0 aromatic heterocycles. The fourth-order valence-corrected chi connectivity index (χ4v) is 2.19. The summed E-state index contributed by atoms with van der Waals surface area (Å²) in [6.07, 6.45) is 0.313. The molecular weight excluding hydrogens is 285 g/mol. The maximum atomic E-state index is 12.1. The molecule has 8 heteroatoms. The minimum atomic E-state index is -5.55. The zero-order valence-electron chi connectivity index (χ0n) is 9.68. The zero-order chi connectivity index (χ0) is 14.1. The number of hydrogen-bond acceptors (Lipinski definition) is 4. The van der Waals surface area contributed by atoms with E-state index >= 15 is 0 Å².